The summed E-state index contributed by atoms with van der Waals surface area (Å²) in [5, 5.41) is 3.43. The number of nitrogens with two attached hydrogens (primary N) is 1. The monoisotopic (exact) mass is 571 g/mol. The van der Waals surface area contributed by atoms with Crippen LogP contribution in [0.3, 0.4) is 0 Å². The molecule has 10 nitrogen and oxygen atoms in total. The Labute approximate surface area is 242 Å². The summed E-state index contributed by atoms with van der Waals surface area (Å²) in [7, 11) is 0. The van der Waals surface area contributed by atoms with Gasteiger partial charge in [-0.2, -0.15) is 0 Å². The first-order valence-corrected chi connectivity index (χ1v) is 14.4. The van der Waals surface area contributed by atoms with Crippen LogP contribution in [0.1, 0.15) is 54.0 Å². The minimum Gasteiger partial charge on any atom is -0.366 e. The summed E-state index contributed by atoms with van der Waals surface area (Å²) >= 11 is 0. The number of nitrogens with one attached hydrogen (secondary N) is 1. The van der Waals surface area contributed by atoms with Gasteiger partial charge in [0.25, 0.3) is 5.91 Å². The molecule has 6 rings (SSSR count). The van der Waals surface area contributed by atoms with Gasteiger partial charge in [0.2, 0.25) is 11.8 Å². The number of rotatable bonds is 6. The van der Waals surface area contributed by atoms with E-state index in [9.17, 15) is 18.8 Å². The Balaban J connectivity index is 1.29. The maximum absolute atomic E-state index is 14.4. The number of aryl methyl sites for hydroxylation is 2. The standard InChI is InChI=1S/C31H34FN7O3/c1-19-5-4-6-27(35-19)36-31(42)25-11-9-21(32)12-14-39(25)29(40)18-37-17-23(30(33)41)22-15-20(8-10-24(22)37)26-16-34-28-7-2-3-13-38(26)28/h4-6,8,10,15-17,21,25H,2-3,7,9,11-14,18H2,1H3,(H2,33,41)(H,35,36,42)/t21?,25-/m0/s1. The quantitative estimate of drug-likeness (QED) is 0.362. The molecule has 2 aliphatic rings. The number of imidazole rings is 1. The van der Waals surface area contributed by atoms with E-state index in [0.717, 1.165) is 48.6 Å². The second-order valence-corrected chi connectivity index (χ2v) is 11.2. The zero-order chi connectivity index (χ0) is 29.4. The van der Waals surface area contributed by atoms with Crippen LogP contribution in [0, 0.1) is 6.92 Å². The van der Waals surface area contributed by atoms with Crippen LogP contribution in [0.5, 0.6) is 0 Å². The third-order valence-corrected chi connectivity index (χ3v) is 8.29. The number of hydrogen-bond acceptors (Lipinski definition) is 5. The van der Waals surface area contributed by atoms with E-state index >= 15 is 0 Å². The fourth-order valence-corrected chi connectivity index (χ4v) is 6.13. The Morgan fingerprint density at radius 1 is 1.10 bits per heavy atom. The molecule has 1 saturated heterocycles. The van der Waals surface area contributed by atoms with Crippen LogP contribution in [0.2, 0.25) is 0 Å². The molecule has 5 heterocycles. The highest BCUT2D eigenvalue weighted by Gasteiger charge is 2.34. The van der Waals surface area contributed by atoms with Crippen LogP contribution in [0.15, 0.2) is 48.8 Å². The summed E-state index contributed by atoms with van der Waals surface area (Å²) in [6, 6.07) is 10.2. The number of likely N-dealkylation sites (tertiary alicyclic amines) is 1. The van der Waals surface area contributed by atoms with Crippen molar-refractivity contribution < 1.29 is 18.8 Å². The van der Waals surface area contributed by atoms with Gasteiger partial charge < -0.3 is 25.1 Å². The summed E-state index contributed by atoms with van der Waals surface area (Å²) in [5.74, 6) is 0.0880. The van der Waals surface area contributed by atoms with Gasteiger partial charge in [-0.3, -0.25) is 14.4 Å². The average molecular weight is 572 g/mol. The van der Waals surface area contributed by atoms with Gasteiger partial charge in [0.15, 0.2) is 0 Å². The molecule has 42 heavy (non-hydrogen) atoms. The van der Waals surface area contributed by atoms with Crippen LogP contribution in [0.25, 0.3) is 22.2 Å². The molecule has 0 aliphatic carbocycles. The molecular weight excluding hydrogens is 537 g/mol. The van der Waals surface area contributed by atoms with Gasteiger partial charge in [0.1, 0.15) is 30.4 Å². The predicted octanol–water partition coefficient (Wildman–Crippen LogP) is 4.00. The topological polar surface area (TPSA) is 128 Å². The van der Waals surface area contributed by atoms with Crippen LogP contribution in [0.4, 0.5) is 10.2 Å². The molecule has 0 bridgehead atoms. The van der Waals surface area contributed by atoms with E-state index in [2.05, 4.69) is 19.9 Å². The number of hydrogen-bond donors (Lipinski definition) is 2. The van der Waals surface area contributed by atoms with Crippen molar-refractivity contribution in [3.05, 3.63) is 65.9 Å². The molecule has 0 radical (unpaired) electrons. The van der Waals surface area contributed by atoms with Gasteiger partial charge >= 0.3 is 0 Å². The lowest BCUT2D eigenvalue weighted by Crippen LogP contribution is -2.48. The van der Waals surface area contributed by atoms with E-state index in [4.69, 9.17) is 5.73 Å². The summed E-state index contributed by atoms with van der Waals surface area (Å²) in [6.45, 7) is 2.69. The fourth-order valence-electron chi connectivity index (χ4n) is 6.13. The average Bonchev–Trinajstić information content (AvgIpc) is 3.49. The number of carbonyl (C=O) groups is 3. The zero-order valence-electron chi connectivity index (χ0n) is 23.6. The highest BCUT2D eigenvalue weighted by atomic mass is 19.1. The van der Waals surface area contributed by atoms with Crippen LogP contribution in [-0.2, 0) is 29.1 Å². The van der Waals surface area contributed by atoms with Crippen molar-refractivity contribution in [2.24, 2.45) is 5.73 Å². The summed E-state index contributed by atoms with van der Waals surface area (Å²) in [4.78, 5) is 49.9. The number of pyridine rings is 1. The fraction of sp³-hybridized carbons (Fsp3) is 0.387. The molecule has 2 atom stereocenters. The number of alkyl halides is 1. The van der Waals surface area contributed by atoms with Crippen molar-refractivity contribution in [3.63, 3.8) is 0 Å². The Morgan fingerprint density at radius 3 is 2.76 bits per heavy atom. The summed E-state index contributed by atoms with van der Waals surface area (Å²) < 4.78 is 18.3. The van der Waals surface area contributed by atoms with Gasteiger partial charge in [-0.1, -0.05) is 12.1 Å². The first-order chi connectivity index (χ1) is 20.3. The van der Waals surface area contributed by atoms with Crippen molar-refractivity contribution in [2.75, 3.05) is 11.9 Å². The van der Waals surface area contributed by atoms with E-state index in [1.165, 1.54) is 4.90 Å². The molecule has 4 aromatic rings. The van der Waals surface area contributed by atoms with Gasteiger partial charge in [0.05, 0.1) is 17.5 Å². The predicted molar refractivity (Wildman–Crippen MR) is 156 cm³/mol. The second kappa shape index (κ2) is 11.4. The Hall–Kier alpha value is -4.54. The van der Waals surface area contributed by atoms with E-state index < -0.39 is 24.0 Å². The maximum Gasteiger partial charge on any atom is 0.250 e. The molecule has 3 aromatic heterocycles. The third kappa shape index (κ3) is 5.38. The van der Waals surface area contributed by atoms with Gasteiger partial charge in [-0.15, -0.1) is 0 Å². The lowest BCUT2D eigenvalue weighted by Gasteiger charge is -2.29. The molecule has 3 amide bonds. The molecule has 3 N–H and O–H groups in total. The Kier molecular flexibility index (Phi) is 7.49. The number of halogens is 1. The van der Waals surface area contributed by atoms with Gasteiger partial charge in [0, 0.05) is 47.9 Å². The number of primary amides is 1. The molecule has 1 aromatic carbocycles. The lowest BCUT2D eigenvalue weighted by molar-refractivity contribution is -0.139. The van der Waals surface area contributed by atoms with Crippen LogP contribution >= 0.6 is 0 Å². The first-order valence-electron chi connectivity index (χ1n) is 14.4. The Morgan fingerprint density at radius 2 is 1.95 bits per heavy atom. The van der Waals surface area contributed by atoms with Gasteiger partial charge in [-0.05, 0) is 63.3 Å². The van der Waals surface area contributed by atoms with Crippen LogP contribution < -0.4 is 11.1 Å². The third-order valence-electron chi connectivity index (χ3n) is 8.29. The molecule has 0 saturated carbocycles. The van der Waals surface area contributed by atoms with E-state index in [0.29, 0.717) is 22.3 Å². The second-order valence-electron chi connectivity index (χ2n) is 11.2. The first kappa shape index (κ1) is 27.6. The highest BCUT2D eigenvalue weighted by Crippen LogP contribution is 2.31. The SMILES string of the molecule is Cc1cccc(NC(=O)[C@@H]2CCC(F)CCN2C(=O)Cn2cc(C(N)=O)c3cc(-c4cnc5n4CCCC5)ccc32)n1. The number of anilines is 1. The minimum atomic E-state index is -1.10. The summed E-state index contributed by atoms with van der Waals surface area (Å²) in [5.41, 5.74) is 9.37. The zero-order valence-corrected chi connectivity index (χ0v) is 23.6. The molecule has 0 spiro atoms. The van der Waals surface area contributed by atoms with E-state index in [1.54, 1.807) is 22.9 Å². The number of carbonyl (C=O) groups excluding carboxylic acids is 3. The number of amides is 3. The molecule has 1 unspecified atom stereocenters. The van der Waals surface area contributed by atoms with Crippen molar-refractivity contribution in [3.8, 4) is 11.3 Å². The number of fused-ring (bicyclic) bond motifs is 2. The number of nitrogens with zero attached hydrogens (tertiary/aromatic N) is 5. The number of benzene rings is 1. The molecular formula is C31H34FN7O3. The smallest absolute Gasteiger partial charge is 0.250 e. The van der Waals surface area contributed by atoms with Crippen molar-refractivity contribution in [1.29, 1.82) is 0 Å². The van der Waals surface area contributed by atoms with Crippen molar-refractivity contribution >= 4 is 34.4 Å². The van der Waals surface area contributed by atoms with Crippen molar-refractivity contribution in [2.45, 2.75) is 70.8 Å². The maximum atomic E-state index is 14.4. The molecule has 218 valence electrons. The van der Waals surface area contributed by atoms with Crippen LogP contribution in [-0.4, -0.2) is 60.5 Å². The molecule has 11 heteroatoms. The van der Waals surface area contributed by atoms with E-state index in [1.807, 2.05) is 37.4 Å². The molecule has 1 fully saturated rings. The largest absolute Gasteiger partial charge is 0.366 e. The number of aromatic nitrogens is 4. The highest BCUT2D eigenvalue weighted by molar-refractivity contribution is 6.07. The molecule has 2 aliphatic heterocycles. The van der Waals surface area contributed by atoms with E-state index in [-0.39, 0.29) is 38.3 Å². The normalized spacial score (nSPS) is 18.9. The minimum absolute atomic E-state index is 0.109. The summed E-state index contributed by atoms with van der Waals surface area (Å²) in [6.07, 6.45) is 6.02. The Bertz CT molecular complexity index is 1680. The van der Waals surface area contributed by atoms with Gasteiger partial charge in [-0.25, -0.2) is 14.4 Å². The van der Waals surface area contributed by atoms with Crippen molar-refractivity contribution in [1.82, 2.24) is 24.0 Å². The lowest BCUT2D eigenvalue weighted by atomic mass is 10.1.